The number of rotatable bonds is 3. The van der Waals surface area contributed by atoms with Gasteiger partial charge in [0.15, 0.2) is 0 Å². The first kappa shape index (κ1) is 18.6. The van der Waals surface area contributed by atoms with Gasteiger partial charge < -0.3 is 5.11 Å². The first-order valence-electron chi connectivity index (χ1n) is 8.27. The maximum absolute atomic E-state index is 13.5. The predicted molar refractivity (Wildman–Crippen MR) is 115 cm³/mol. The quantitative estimate of drug-likeness (QED) is 0.416. The summed E-state index contributed by atoms with van der Waals surface area (Å²) in [5.41, 5.74) is 1.23. The molecule has 28 heavy (non-hydrogen) atoms. The third-order valence-electron chi connectivity index (χ3n) is 4.30. The zero-order valence-electron chi connectivity index (χ0n) is 14.3. The molecule has 4 aromatic rings. The van der Waals surface area contributed by atoms with Crippen LogP contribution in [0, 0.1) is 0 Å². The minimum atomic E-state index is -1.08. The molecular weight excluding hydrogens is 488 g/mol. The van der Waals surface area contributed by atoms with Crippen LogP contribution in [0.3, 0.4) is 0 Å². The Balaban J connectivity index is 2.20. The molecule has 0 aliphatic heterocycles. The summed E-state index contributed by atoms with van der Waals surface area (Å²) in [4.78, 5) is 29.9. The average Bonchev–Trinajstić information content (AvgIpc) is 2.67. The van der Waals surface area contributed by atoms with Crippen LogP contribution in [0.4, 0.5) is 0 Å². The molecule has 3 aromatic carbocycles. The van der Waals surface area contributed by atoms with E-state index in [4.69, 9.17) is 0 Å². The number of para-hydroxylation sites is 1. The lowest BCUT2D eigenvalue weighted by Crippen LogP contribution is -2.23. The molecule has 7 heteroatoms. The fraction of sp³-hybridized carbons (Fsp3) is 0. The smallest absolute Gasteiger partial charge is 0.336 e. The maximum Gasteiger partial charge on any atom is 0.336 e. The Hall–Kier alpha value is -2.77. The summed E-state index contributed by atoms with van der Waals surface area (Å²) in [7, 11) is 0. The molecule has 1 aromatic heterocycles. The Labute approximate surface area is 176 Å². The molecule has 4 rings (SSSR count). The van der Waals surface area contributed by atoms with Crippen LogP contribution in [0.15, 0.2) is 80.5 Å². The lowest BCUT2D eigenvalue weighted by atomic mass is 10.1. The van der Waals surface area contributed by atoms with Crippen molar-refractivity contribution in [2.45, 2.75) is 0 Å². The van der Waals surface area contributed by atoms with Crippen LogP contribution in [0.5, 0.6) is 0 Å². The Morgan fingerprint density at radius 2 is 1.64 bits per heavy atom. The number of hydrogen-bond donors (Lipinski definition) is 1. The summed E-state index contributed by atoms with van der Waals surface area (Å²) < 4.78 is 2.81. The zero-order chi connectivity index (χ0) is 19.8. The van der Waals surface area contributed by atoms with Crippen molar-refractivity contribution in [2.75, 3.05) is 0 Å². The number of aromatic carboxylic acids is 1. The number of nitrogens with zero attached hydrogens (tertiary/aromatic N) is 2. The van der Waals surface area contributed by atoms with Gasteiger partial charge in [0.25, 0.3) is 5.56 Å². The fourth-order valence-electron chi connectivity index (χ4n) is 3.09. The minimum absolute atomic E-state index is 0.0764. The molecule has 0 aliphatic rings. The van der Waals surface area contributed by atoms with Crippen molar-refractivity contribution in [1.29, 1.82) is 0 Å². The molecule has 1 N–H and O–H groups in total. The third kappa shape index (κ3) is 3.16. The number of halogens is 2. The number of carboxylic acids is 1. The highest BCUT2D eigenvalue weighted by atomic mass is 79.9. The van der Waals surface area contributed by atoms with Crippen LogP contribution < -0.4 is 5.56 Å². The third-order valence-corrected chi connectivity index (χ3v) is 5.39. The van der Waals surface area contributed by atoms with E-state index in [9.17, 15) is 14.7 Å². The highest BCUT2D eigenvalue weighted by Gasteiger charge is 2.20. The Kier molecular flexibility index (Phi) is 4.87. The molecule has 138 valence electrons. The number of carbonyl (C=O) groups is 1. The van der Waals surface area contributed by atoms with E-state index >= 15 is 0 Å². The number of aromatic nitrogens is 2. The summed E-state index contributed by atoms with van der Waals surface area (Å²) >= 11 is 6.86. The van der Waals surface area contributed by atoms with E-state index < -0.39 is 5.97 Å². The summed E-state index contributed by atoms with van der Waals surface area (Å²) in [6.07, 6.45) is 0. The van der Waals surface area contributed by atoms with Gasteiger partial charge in [-0.3, -0.25) is 9.36 Å². The number of fused-ring (bicyclic) bond motifs is 1. The maximum atomic E-state index is 13.5. The Morgan fingerprint density at radius 1 is 0.964 bits per heavy atom. The van der Waals surface area contributed by atoms with Crippen molar-refractivity contribution in [3.05, 3.63) is 91.6 Å². The van der Waals surface area contributed by atoms with Gasteiger partial charge in [-0.1, -0.05) is 52.3 Å². The Morgan fingerprint density at radius 3 is 2.36 bits per heavy atom. The van der Waals surface area contributed by atoms with Gasteiger partial charge in [0.1, 0.15) is 5.82 Å². The molecule has 0 bridgehead atoms. The summed E-state index contributed by atoms with van der Waals surface area (Å²) in [6, 6.07) is 19.1. The van der Waals surface area contributed by atoms with Gasteiger partial charge in [0.2, 0.25) is 0 Å². The second kappa shape index (κ2) is 7.33. The van der Waals surface area contributed by atoms with Crippen molar-refractivity contribution >= 4 is 48.7 Å². The van der Waals surface area contributed by atoms with Crippen LogP contribution in [-0.4, -0.2) is 20.6 Å². The van der Waals surface area contributed by atoms with E-state index in [-0.39, 0.29) is 16.9 Å². The summed E-state index contributed by atoms with van der Waals surface area (Å²) in [5, 5.41) is 10.0. The molecule has 0 saturated carbocycles. The molecule has 0 aliphatic carbocycles. The van der Waals surface area contributed by atoms with Crippen LogP contribution >= 0.6 is 31.9 Å². The average molecular weight is 500 g/mol. The fourth-order valence-corrected chi connectivity index (χ4v) is 4.47. The molecule has 1 heterocycles. The molecular formula is C21H12Br2N2O3. The standard InChI is InChI=1S/C21H12Br2N2O3/c22-12-10-16(23)18-17(11-12)24-19(14-8-4-5-9-15(14)21(27)28)25(20(18)26)13-6-2-1-3-7-13/h1-11H,(H,27,28). The molecule has 0 spiro atoms. The van der Waals surface area contributed by atoms with Gasteiger partial charge in [-0.2, -0.15) is 0 Å². The number of benzene rings is 3. The van der Waals surface area contributed by atoms with Crippen molar-refractivity contribution in [2.24, 2.45) is 0 Å². The number of carboxylic acid groups (broad SMARTS) is 1. The minimum Gasteiger partial charge on any atom is -0.478 e. The molecule has 0 radical (unpaired) electrons. The normalized spacial score (nSPS) is 10.9. The zero-order valence-corrected chi connectivity index (χ0v) is 17.4. The monoisotopic (exact) mass is 498 g/mol. The summed E-state index contributed by atoms with van der Waals surface area (Å²) in [6.45, 7) is 0. The topological polar surface area (TPSA) is 72.2 Å². The molecule has 0 amide bonds. The van der Waals surface area contributed by atoms with Gasteiger partial charge in [-0.05, 0) is 46.3 Å². The largest absolute Gasteiger partial charge is 0.478 e. The van der Waals surface area contributed by atoms with Crippen LogP contribution in [-0.2, 0) is 0 Å². The van der Waals surface area contributed by atoms with Gasteiger partial charge >= 0.3 is 5.97 Å². The van der Waals surface area contributed by atoms with E-state index in [0.29, 0.717) is 26.6 Å². The van der Waals surface area contributed by atoms with Crippen molar-refractivity contribution in [3.8, 4) is 17.1 Å². The highest BCUT2D eigenvalue weighted by molar-refractivity contribution is 9.11. The number of hydrogen-bond acceptors (Lipinski definition) is 3. The van der Waals surface area contributed by atoms with Gasteiger partial charge in [0, 0.05) is 14.5 Å². The lowest BCUT2D eigenvalue weighted by Gasteiger charge is -2.16. The van der Waals surface area contributed by atoms with Crippen LogP contribution in [0.2, 0.25) is 0 Å². The Bertz CT molecular complexity index is 1280. The highest BCUT2D eigenvalue weighted by Crippen LogP contribution is 2.30. The second-order valence-corrected chi connectivity index (χ2v) is 7.81. The van der Waals surface area contributed by atoms with Gasteiger partial charge in [-0.25, -0.2) is 9.78 Å². The lowest BCUT2D eigenvalue weighted by molar-refractivity contribution is 0.0697. The van der Waals surface area contributed by atoms with Crippen LogP contribution in [0.25, 0.3) is 28.0 Å². The van der Waals surface area contributed by atoms with Crippen molar-refractivity contribution < 1.29 is 9.90 Å². The van der Waals surface area contributed by atoms with E-state index in [1.807, 2.05) is 18.2 Å². The van der Waals surface area contributed by atoms with Gasteiger partial charge in [-0.15, -0.1) is 0 Å². The van der Waals surface area contributed by atoms with Crippen LogP contribution in [0.1, 0.15) is 10.4 Å². The van der Waals surface area contributed by atoms with E-state index in [0.717, 1.165) is 4.47 Å². The molecule has 0 saturated heterocycles. The van der Waals surface area contributed by atoms with E-state index in [2.05, 4.69) is 36.8 Å². The van der Waals surface area contributed by atoms with Crippen molar-refractivity contribution in [1.82, 2.24) is 9.55 Å². The SMILES string of the molecule is O=C(O)c1ccccc1-c1nc2cc(Br)cc(Br)c2c(=O)n1-c1ccccc1. The summed E-state index contributed by atoms with van der Waals surface area (Å²) in [5.74, 6) is -0.813. The van der Waals surface area contributed by atoms with E-state index in [1.54, 1.807) is 42.5 Å². The molecule has 0 fully saturated rings. The molecule has 0 unspecified atom stereocenters. The first-order valence-corrected chi connectivity index (χ1v) is 9.86. The molecule has 0 atom stereocenters. The van der Waals surface area contributed by atoms with E-state index in [1.165, 1.54) is 10.6 Å². The second-order valence-electron chi connectivity index (χ2n) is 6.04. The molecule has 5 nitrogen and oxygen atoms in total. The van der Waals surface area contributed by atoms with Crippen molar-refractivity contribution in [3.63, 3.8) is 0 Å². The predicted octanol–water partition coefficient (Wildman–Crippen LogP) is 5.28. The first-order chi connectivity index (χ1) is 13.5. The van der Waals surface area contributed by atoms with Gasteiger partial charge in [0.05, 0.1) is 22.2 Å².